The van der Waals surface area contributed by atoms with Gasteiger partial charge in [-0.2, -0.15) is 0 Å². The van der Waals surface area contributed by atoms with Crippen LogP contribution in [0.25, 0.3) is 5.57 Å². The molecule has 1 aromatic heterocycles. The van der Waals surface area contributed by atoms with Gasteiger partial charge in [0.1, 0.15) is 5.04 Å². The van der Waals surface area contributed by atoms with Crippen molar-refractivity contribution in [2.24, 2.45) is 4.99 Å². The molecule has 0 unspecified atom stereocenters. The lowest BCUT2D eigenvalue weighted by Crippen LogP contribution is -1.98. The Labute approximate surface area is 118 Å². The van der Waals surface area contributed by atoms with Crippen molar-refractivity contribution in [3.05, 3.63) is 28.0 Å². The Kier molecular flexibility index (Phi) is 3.83. The van der Waals surface area contributed by atoms with Crippen molar-refractivity contribution < 1.29 is 0 Å². The van der Waals surface area contributed by atoms with Crippen molar-refractivity contribution in [2.75, 3.05) is 0 Å². The van der Waals surface area contributed by atoms with Gasteiger partial charge in [-0.25, -0.2) is 0 Å². The van der Waals surface area contributed by atoms with Gasteiger partial charge in [-0.3, -0.25) is 9.98 Å². The van der Waals surface area contributed by atoms with Crippen LogP contribution in [0, 0.1) is 6.92 Å². The van der Waals surface area contributed by atoms with Gasteiger partial charge in [0.25, 0.3) is 0 Å². The Balaban J connectivity index is 2.70. The molecule has 0 fully saturated rings. The summed E-state index contributed by atoms with van der Waals surface area (Å²) in [5.41, 5.74) is 4.55. The third-order valence-electron chi connectivity index (χ3n) is 2.70. The lowest BCUT2D eigenvalue weighted by molar-refractivity contribution is 0.841. The third kappa shape index (κ3) is 2.34. The zero-order valence-electron chi connectivity index (χ0n) is 11.3. The lowest BCUT2D eigenvalue weighted by atomic mass is 10.0. The summed E-state index contributed by atoms with van der Waals surface area (Å²) in [5.74, 6) is 0. The highest BCUT2D eigenvalue weighted by Gasteiger charge is 2.29. The molecule has 0 saturated heterocycles. The second-order valence-electron chi connectivity index (χ2n) is 4.90. The number of hydrogen-bond donors (Lipinski definition) is 0. The van der Waals surface area contributed by atoms with Gasteiger partial charge in [-0.05, 0) is 34.6 Å². The summed E-state index contributed by atoms with van der Waals surface area (Å²) in [7, 11) is 0. The number of rotatable bonds is 1. The van der Waals surface area contributed by atoms with Gasteiger partial charge in [-0.1, -0.05) is 28.9 Å². The molecule has 0 saturated carbocycles. The van der Waals surface area contributed by atoms with Crippen molar-refractivity contribution >= 4 is 34.0 Å². The number of aliphatic imine (C=N–C) groups is 1. The Bertz CT molecular complexity index is 555. The first-order valence-electron chi connectivity index (χ1n) is 6.00. The average Bonchev–Trinajstić information content (AvgIpc) is 2.63. The van der Waals surface area contributed by atoms with Crippen LogP contribution in [0.2, 0.25) is 5.02 Å². The molecule has 4 heteroatoms. The first kappa shape index (κ1) is 13.6. The number of fused-ring (bicyclic) bond motifs is 1. The van der Waals surface area contributed by atoms with Crippen LogP contribution in [0.15, 0.2) is 21.7 Å². The number of allylic oxidation sites excluding steroid dienone is 1. The molecule has 1 aliphatic heterocycles. The fourth-order valence-corrected chi connectivity index (χ4v) is 3.64. The fourth-order valence-electron chi connectivity index (χ4n) is 1.97. The second-order valence-corrected chi connectivity index (χ2v) is 6.31. The number of nitrogens with zero attached hydrogens (tertiary/aromatic N) is 2. The number of aryl methyl sites for hydroxylation is 1. The van der Waals surface area contributed by atoms with E-state index in [9.17, 15) is 0 Å². The molecule has 2 nitrogen and oxygen atoms in total. The minimum atomic E-state index is 0.281. The van der Waals surface area contributed by atoms with Crippen LogP contribution >= 0.6 is 23.4 Å². The average molecular weight is 281 g/mol. The molecule has 96 valence electrons. The third-order valence-corrected chi connectivity index (χ3v) is 4.20. The molecule has 0 aliphatic carbocycles. The first-order chi connectivity index (χ1) is 8.41. The van der Waals surface area contributed by atoms with Crippen molar-refractivity contribution in [1.29, 1.82) is 0 Å². The predicted octanol–water partition coefficient (Wildman–Crippen LogP) is 4.75. The van der Waals surface area contributed by atoms with Gasteiger partial charge in [0.2, 0.25) is 0 Å². The molecule has 0 amide bonds. The van der Waals surface area contributed by atoms with E-state index in [0.717, 1.165) is 21.2 Å². The lowest BCUT2D eigenvalue weighted by Gasteiger charge is -2.07. The van der Waals surface area contributed by atoms with Crippen LogP contribution < -0.4 is 0 Å². The number of thioether (sulfide) groups is 1. The Morgan fingerprint density at radius 1 is 1.39 bits per heavy atom. The van der Waals surface area contributed by atoms with Gasteiger partial charge in [0, 0.05) is 28.3 Å². The van der Waals surface area contributed by atoms with Crippen molar-refractivity contribution in [1.82, 2.24) is 4.98 Å². The van der Waals surface area contributed by atoms with Crippen LogP contribution in [0.1, 0.15) is 39.0 Å². The van der Waals surface area contributed by atoms with Crippen LogP contribution in [-0.4, -0.2) is 16.1 Å². The highest BCUT2D eigenvalue weighted by Crippen LogP contribution is 2.47. The minimum Gasteiger partial charge on any atom is -0.275 e. The standard InChI is InChI=1S/C14H17ClN2S/c1-7(2)11-12-10(15)6-16-9(5)13(12)18-14(11)17-8(3)4/h6,8H,1-5H3/b17-14+. The number of hydrogen-bond acceptors (Lipinski definition) is 3. The maximum absolute atomic E-state index is 6.32. The summed E-state index contributed by atoms with van der Waals surface area (Å²) < 4.78 is 0. The molecule has 0 aromatic carbocycles. The Hall–Kier alpha value is -0.800. The van der Waals surface area contributed by atoms with E-state index in [1.165, 1.54) is 11.1 Å². The van der Waals surface area contributed by atoms with Crippen LogP contribution in [0.4, 0.5) is 0 Å². The monoisotopic (exact) mass is 280 g/mol. The molecule has 1 aromatic rings. The quantitative estimate of drug-likeness (QED) is 0.742. The van der Waals surface area contributed by atoms with Gasteiger partial charge >= 0.3 is 0 Å². The van der Waals surface area contributed by atoms with Crippen molar-refractivity contribution in [2.45, 2.75) is 45.6 Å². The SMILES string of the molecule is CC(C)=C1/C(=N\C(C)C)Sc2c(C)ncc(Cl)c21. The highest BCUT2D eigenvalue weighted by molar-refractivity contribution is 8.15. The molecule has 0 bridgehead atoms. The van der Waals surface area contributed by atoms with Gasteiger partial charge in [-0.15, -0.1) is 0 Å². The normalized spacial score (nSPS) is 16.6. The Morgan fingerprint density at radius 2 is 2.06 bits per heavy atom. The molecule has 2 heterocycles. The van der Waals surface area contributed by atoms with E-state index in [4.69, 9.17) is 16.6 Å². The molecular weight excluding hydrogens is 264 g/mol. The Morgan fingerprint density at radius 3 is 2.61 bits per heavy atom. The molecule has 2 rings (SSSR count). The topological polar surface area (TPSA) is 25.2 Å². The zero-order chi connectivity index (χ0) is 13.4. The largest absolute Gasteiger partial charge is 0.275 e. The van der Waals surface area contributed by atoms with Gasteiger partial charge in [0.15, 0.2) is 0 Å². The summed E-state index contributed by atoms with van der Waals surface area (Å²) in [6.45, 7) is 10.4. The minimum absolute atomic E-state index is 0.281. The number of halogens is 1. The molecule has 18 heavy (non-hydrogen) atoms. The van der Waals surface area contributed by atoms with Gasteiger partial charge < -0.3 is 0 Å². The van der Waals surface area contributed by atoms with Crippen LogP contribution in [-0.2, 0) is 0 Å². The highest BCUT2D eigenvalue weighted by atomic mass is 35.5. The van der Waals surface area contributed by atoms with Crippen LogP contribution in [0.3, 0.4) is 0 Å². The van der Waals surface area contributed by atoms with Crippen molar-refractivity contribution in [3.8, 4) is 0 Å². The number of aromatic nitrogens is 1. The molecule has 0 spiro atoms. The molecular formula is C14H17ClN2S. The van der Waals surface area contributed by atoms with E-state index >= 15 is 0 Å². The number of pyridine rings is 1. The first-order valence-corrected chi connectivity index (χ1v) is 7.20. The fraction of sp³-hybridized carbons (Fsp3) is 0.429. The van der Waals surface area contributed by atoms with Crippen LogP contribution in [0.5, 0.6) is 0 Å². The molecule has 1 aliphatic rings. The zero-order valence-corrected chi connectivity index (χ0v) is 12.9. The van der Waals surface area contributed by atoms with E-state index in [1.54, 1.807) is 18.0 Å². The predicted molar refractivity (Wildman–Crippen MR) is 80.7 cm³/mol. The van der Waals surface area contributed by atoms with E-state index in [-0.39, 0.29) is 6.04 Å². The van der Waals surface area contributed by atoms with E-state index in [2.05, 4.69) is 32.7 Å². The summed E-state index contributed by atoms with van der Waals surface area (Å²) in [6.07, 6.45) is 1.73. The molecule has 0 N–H and O–H groups in total. The van der Waals surface area contributed by atoms with E-state index in [1.807, 2.05) is 6.92 Å². The summed E-state index contributed by atoms with van der Waals surface area (Å²) in [5, 5.41) is 1.78. The molecule has 0 radical (unpaired) electrons. The summed E-state index contributed by atoms with van der Waals surface area (Å²) in [6, 6.07) is 0.281. The molecule has 0 atom stereocenters. The second kappa shape index (κ2) is 5.06. The maximum atomic E-state index is 6.32. The van der Waals surface area contributed by atoms with E-state index in [0.29, 0.717) is 5.02 Å². The smallest absolute Gasteiger partial charge is 0.103 e. The summed E-state index contributed by atoms with van der Waals surface area (Å²) in [4.78, 5) is 10.2. The maximum Gasteiger partial charge on any atom is 0.103 e. The van der Waals surface area contributed by atoms with Gasteiger partial charge in [0.05, 0.1) is 10.7 Å². The summed E-state index contributed by atoms with van der Waals surface area (Å²) >= 11 is 8.00. The van der Waals surface area contributed by atoms with Crippen molar-refractivity contribution in [3.63, 3.8) is 0 Å². The van der Waals surface area contributed by atoms with E-state index < -0.39 is 0 Å².